The first-order valence-electron chi connectivity index (χ1n) is 7.53. The molecule has 1 aliphatic rings. The fraction of sp³-hybridized carbons (Fsp3) is 0.647. The van der Waals surface area contributed by atoms with E-state index in [4.69, 9.17) is 5.73 Å². The van der Waals surface area contributed by atoms with Crippen molar-refractivity contribution in [1.29, 1.82) is 0 Å². The van der Waals surface area contributed by atoms with Crippen molar-refractivity contribution in [1.82, 2.24) is 0 Å². The van der Waals surface area contributed by atoms with Crippen LogP contribution in [0.2, 0.25) is 0 Å². The second kappa shape index (κ2) is 5.96. The summed E-state index contributed by atoms with van der Waals surface area (Å²) < 4.78 is 0. The molecule has 0 saturated heterocycles. The van der Waals surface area contributed by atoms with Crippen LogP contribution in [0.25, 0.3) is 0 Å². The standard InChI is InChI=1S/C17H28N2/c1-14-7-6-10-17(11-14,12-18)13-19(3)16-9-5-4-8-15(16)2/h4-5,8-9,14H,6-7,10-13,18H2,1-3H3. The normalized spacial score (nSPS) is 27.3. The monoisotopic (exact) mass is 260 g/mol. The van der Waals surface area contributed by atoms with Crippen molar-refractivity contribution in [3.63, 3.8) is 0 Å². The van der Waals surface area contributed by atoms with Gasteiger partial charge in [0.25, 0.3) is 0 Å². The van der Waals surface area contributed by atoms with E-state index in [2.05, 4.69) is 50.1 Å². The summed E-state index contributed by atoms with van der Waals surface area (Å²) >= 11 is 0. The van der Waals surface area contributed by atoms with Gasteiger partial charge in [0.05, 0.1) is 0 Å². The SMILES string of the molecule is Cc1ccccc1N(C)CC1(CN)CCCC(C)C1. The Kier molecular flexibility index (Phi) is 4.51. The Balaban J connectivity index is 2.12. The first-order valence-corrected chi connectivity index (χ1v) is 7.53. The summed E-state index contributed by atoms with van der Waals surface area (Å²) in [6.07, 6.45) is 5.26. The van der Waals surface area contributed by atoms with Gasteiger partial charge in [-0.05, 0) is 43.9 Å². The fourth-order valence-electron chi connectivity index (χ4n) is 3.74. The van der Waals surface area contributed by atoms with Crippen LogP contribution in [0.1, 0.15) is 38.2 Å². The molecule has 1 aliphatic carbocycles. The van der Waals surface area contributed by atoms with E-state index in [1.165, 1.54) is 36.9 Å². The molecule has 0 spiro atoms. The molecule has 1 saturated carbocycles. The molecule has 2 rings (SSSR count). The van der Waals surface area contributed by atoms with E-state index < -0.39 is 0 Å². The molecule has 2 atom stereocenters. The van der Waals surface area contributed by atoms with E-state index in [-0.39, 0.29) is 0 Å². The lowest BCUT2D eigenvalue weighted by Crippen LogP contribution is -2.44. The smallest absolute Gasteiger partial charge is 0.0393 e. The first kappa shape index (κ1) is 14.4. The van der Waals surface area contributed by atoms with Gasteiger partial charge in [-0.25, -0.2) is 0 Å². The second-order valence-electron chi connectivity index (χ2n) is 6.55. The molecular formula is C17H28N2. The number of para-hydroxylation sites is 1. The molecule has 1 aromatic rings. The van der Waals surface area contributed by atoms with Crippen LogP contribution in [0.4, 0.5) is 5.69 Å². The zero-order valence-electron chi connectivity index (χ0n) is 12.7. The molecule has 2 N–H and O–H groups in total. The van der Waals surface area contributed by atoms with E-state index in [1.807, 2.05) is 0 Å². The third kappa shape index (κ3) is 3.30. The Morgan fingerprint density at radius 2 is 2.11 bits per heavy atom. The Morgan fingerprint density at radius 1 is 1.37 bits per heavy atom. The van der Waals surface area contributed by atoms with Crippen LogP contribution >= 0.6 is 0 Å². The number of hydrogen-bond acceptors (Lipinski definition) is 2. The zero-order chi connectivity index (χ0) is 13.9. The van der Waals surface area contributed by atoms with Gasteiger partial charge in [-0.15, -0.1) is 0 Å². The molecule has 0 radical (unpaired) electrons. The van der Waals surface area contributed by atoms with Gasteiger partial charge in [-0.2, -0.15) is 0 Å². The van der Waals surface area contributed by atoms with Crippen LogP contribution in [-0.2, 0) is 0 Å². The molecule has 106 valence electrons. The van der Waals surface area contributed by atoms with Crippen molar-refractivity contribution in [2.24, 2.45) is 17.1 Å². The lowest BCUT2D eigenvalue weighted by molar-refractivity contribution is 0.161. The van der Waals surface area contributed by atoms with Gasteiger partial charge >= 0.3 is 0 Å². The lowest BCUT2D eigenvalue weighted by Gasteiger charge is -2.42. The van der Waals surface area contributed by atoms with Crippen LogP contribution in [0.5, 0.6) is 0 Å². The van der Waals surface area contributed by atoms with Gasteiger partial charge in [0, 0.05) is 24.7 Å². The second-order valence-corrected chi connectivity index (χ2v) is 6.55. The number of nitrogens with zero attached hydrogens (tertiary/aromatic N) is 1. The van der Waals surface area contributed by atoms with Crippen molar-refractivity contribution in [2.75, 3.05) is 25.0 Å². The molecule has 1 aromatic carbocycles. The van der Waals surface area contributed by atoms with Crippen molar-refractivity contribution in [3.05, 3.63) is 29.8 Å². The highest BCUT2D eigenvalue weighted by atomic mass is 15.1. The van der Waals surface area contributed by atoms with E-state index in [9.17, 15) is 0 Å². The molecule has 0 aliphatic heterocycles. The quantitative estimate of drug-likeness (QED) is 0.896. The highest BCUT2D eigenvalue weighted by Gasteiger charge is 2.34. The average Bonchev–Trinajstić information content (AvgIpc) is 2.39. The Labute approximate surface area is 118 Å². The number of anilines is 1. The minimum atomic E-state index is 0.314. The molecule has 19 heavy (non-hydrogen) atoms. The summed E-state index contributed by atoms with van der Waals surface area (Å²) in [5, 5.41) is 0. The topological polar surface area (TPSA) is 29.3 Å². The fourth-order valence-corrected chi connectivity index (χ4v) is 3.74. The summed E-state index contributed by atoms with van der Waals surface area (Å²) in [5.41, 5.74) is 9.14. The van der Waals surface area contributed by atoms with Crippen LogP contribution in [-0.4, -0.2) is 20.1 Å². The van der Waals surface area contributed by atoms with Gasteiger partial charge in [0.1, 0.15) is 0 Å². The van der Waals surface area contributed by atoms with Gasteiger partial charge in [0.2, 0.25) is 0 Å². The molecule has 0 aromatic heterocycles. The van der Waals surface area contributed by atoms with Crippen LogP contribution < -0.4 is 10.6 Å². The van der Waals surface area contributed by atoms with Crippen LogP contribution in [0.3, 0.4) is 0 Å². The van der Waals surface area contributed by atoms with Crippen molar-refractivity contribution < 1.29 is 0 Å². The Morgan fingerprint density at radius 3 is 2.74 bits per heavy atom. The lowest BCUT2D eigenvalue weighted by atomic mass is 9.69. The number of hydrogen-bond donors (Lipinski definition) is 1. The highest BCUT2D eigenvalue weighted by molar-refractivity contribution is 5.52. The number of aryl methyl sites for hydroxylation is 1. The summed E-state index contributed by atoms with van der Waals surface area (Å²) in [6.45, 7) is 6.45. The third-order valence-electron chi connectivity index (χ3n) is 4.72. The molecular weight excluding hydrogens is 232 g/mol. The Bertz CT molecular complexity index is 415. The van der Waals surface area contributed by atoms with Crippen LogP contribution in [0, 0.1) is 18.3 Å². The van der Waals surface area contributed by atoms with Gasteiger partial charge < -0.3 is 10.6 Å². The minimum absolute atomic E-state index is 0.314. The van der Waals surface area contributed by atoms with E-state index in [0.717, 1.165) is 19.0 Å². The van der Waals surface area contributed by atoms with Crippen LogP contribution in [0.15, 0.2) is 24.3 Å². The number of benzene rings is 1. The van der Waals surface area contributed by atoms with E-state index >= 15 is 0 Å². The maximum Gasteiger partial charge on any atom is 0.0393 e. The summed E-state index contributed by atoms with van der Waals surface area (Å²) in [7, 11) is 2.21. The molecule has 2 nitrogen and oxygen atoms in total. The molecule has 0 bridgehead atoms. The Hall–Kier alpha value is -1.02. The van der Waals surface area contributed by atoms with Gasteiger partial charge in [-0.3, -0.25) is 0 Å². The molecule has 2 unspecified atom stereocenters. The molecule has 1 fully saturated rings. The summed E-state index contributed by atoms with van der Waals surface area (Å²) in [6, 6.07) is 8.63. The minimum Gasteiger partial charge on any atom is -0.374 e. The number of rotatable bonds is 4. The molecule has 0 amide bonds. The van der Waals surface area contributed by atoms with E-state index in [0.29, 0.717) is 5.41 Å². The van der Waals surface area contributed by atoms with Crippen molar-refractivity contribution >= 4 is 5.69 Å². The largest absolute Gasteiger partial charge is 0.374 e. The maximum absolute atomic E-state index is 6.14. The highest BCUT2D eigenvalue weighted by Crippen LogP contribution is 2.39. The number of nitrogens with two attached hydrogens (primary N) is 1. The predicted molar refractivity (Wildman–Crippen MR) is 83.6 cm³/mol. The summed E-state index contributed by atoms with van der Waals surface area (Å²) in [4.78, 5) is 2.40. The summed E-state index contributed by atoms with van der Waals surface area (Å²) in [5.74, 6) is 0.822. The van der Waals surface area contributed by atoms with Crippen molar-refractivity contribution in [2.45, 2.75) is 39.5 Å². The molecule has 2 heteroatoms. The third-order valence-corrected chi connectivity index (χ3v) is 4.72. The first-order chi connectivity index (χ1) is 9.06. The predicted octanol–water partition coefficient (Wildman–Crippen LogP) is 3.59. The maximum atomic E-state index is 6.14. The van der Waals surface area contributed by atoms with Gasteiger partial charge in [-0.1, -0.05) is 38.0 Å². The zero-order valence-corrected chi connectivity index (χ0v) is 12.7. The molecule has 0 heterocycles. The van der Waals surface area contributed by atoms with E-state index in [1.54, 1.807) is 0 Å². The van der Waals surface area contributed by atoms with Crippen molar-refractivity contribution in [3.8, 4) is 0 Å². The van der Waals surface area contributed by atoms with Gasteiger partial charge in [0.15, 0.2) is 0 Å². The average molecular weight is 260 g/mol.